The van der Waals surface area contributed by atoms with Gasteiger partial charge in [-0.2, -0.15) is 0 Å². The van der Waals surface area contributed by atoms with Crippen molar-refractivity contribution < 1.29 is 19.8 Å². The number of aromatic hydroxyl groups is 2. The molecular formula is C20H22N2O4. The monoisotopic (exact) mass is 354 g/mol. The maximum atomic E-state index is 12.5. The zero-order chi connectivity index (χ0) is 18.7. The standard InChI is InChI=1S/C20H22N2O4/c1-13-2-4-14(5-3-13)20(26)22-8-6-16(7-9-22)21-19(25)15-10-17(23)12-18(24)11-15/h2-5,10-12,16,23-24H,6-9H2,1H3,(H,21,25). The molecule has 2 aromatic rings. The van der Waals surface area contributed by atoms with Crippen LogP contribution < -0.4 is 5.32 Å². The van der Waals surface area contributed by atoms with Crippen molar-refractivity contribution in [3.8, 4) is 11.5 Å². The molecule has 0 atom stereocenters. The highest BCUT2D eigenvalue weighted by Gasteiger charge is 2.25. The van der Waals surface area contributed by atoms with Crippen LogP contribution in [0.15, 0.2) is 42.5 Å². The molecule has 1 fully saturated rings. The molecule has 1 aliphatic heterocycles. The first-order chi connectivity index (χ1) is 12.4. The number of likely N-dealkylation sites (tertiary alicyclic amines) is 1. The van der Waals surface area contributed by atoms with Crippen LogP contribution in [-0.2, 0) is 0 Å². The molecule has 0 radical (unpaired) electrons. The highest BCUT2D eigenvalue weighted by Crippen LogP contribution is 2.21. The van der Waals surface area contributed by atoms with E-state index in [1.54, 1.807) is 4.90 Å². The van der Waals surface area contributed by atoms with E-state index in [0.29, 0.717) is 31.5 Å². The maximum Gasteiger partial charge on any atom is 0.253 e. The first-order valence-corrected chi connectivity index (χ1v) is 8.62. The molecule has 1 saturated heterocycles. The predicted molar refractivity (Wildman–Crippen MR) is 97.3 cm³/mol. The lowest BCUT2D eigenvalue weighted by Gasteiger charge is -2.32. The Balaban J connectivity index is 1.55. The Hall–Kier alpha value is -3.02. The normalized spacial score (nSPS) is 14.9. The fourth-order valence-electron chi connectivity index (χ4n) is 3.10. The van der Waals surface area contributed by atoms with Gasteiger partial charge in [0.2, 0.25) is 0 Å². The zero-order valence-corrected chi connectivity index (χ0v) is 14.6. The third-order valence-corrected chi connectivity index (χ3v) is 4.58. The van der Waals surface area contributed by atoms with E-state index in [-0.39, 0.29) is 34.9 Å². The van der Waals surface area contributed by atoms with Crippen molar-refractivity contribution in [3.63, 3.8) is 0 Å². The van der Waals surface area contributed by atoms with Gasteiger partial charge >= 0.3 is 0 Å². The van der Waals surface area contributed by atoms with Gasteiger partial charge in [0.25, 0.3) is 11.8 Å². The SMILES string of the molecule is Cc1ccc(C(=O)N2CCC(NC(=O)c3cc(O)cc(O)c3)CC2)cc1. The number of benzene rings is 2. The molecule has 0 bridgehead atoms. The maximum absolute atomic E-state index is 12.5. The molecule has 6 nitrogen and oxygen atoms in total. The Bertz CT molecular complexity index is 789. The Morgan fingerprint density at radius 1 is 0.962 bits per heavy atom. The second-order valence-electron chi connectivity index (χ2n) is 6.64. The van der Waals surface area contributed by atoms with E-state index in [9.17, 15) is 19.8 Å². The van der Waals surface area contributed by atoms with Gasteiger partial charge in [0.1, 0.15) is 11.5 Å². The van der Waals surface area contributed by atoms with Crippen molar-refractivity contribution in [2.75, 3.05) is 13.1 Å². The first kappa shape index (κ1) is 17.8. The second-order valence-corrected chi connectivity index (χ2v) is 6.64. The summed E-state index contributed by atoms with van der Waals surface area (Å²) in [7, 11) is 0. The summed E-state index contributed by atoms with van der Waals surface area (Å²) < 4.78 is 0. The smallest absolute Gasteiger partial charge is 0.253 e. The molecular weight excluding hydrogens is 332 g/mol. The molecule has 0 spiro atoms. The summed E-state index contributed by atoms with van der Waals surface area (Å²) in [6.07, 6.45) is 1.32. The summed E-state index contributed by atoms with van der Waals surface area (Å²) >= 11 is 0. The number of nitrogens with one attached hydrogen (secondary N) is 1. The van der Waals surface area contributed by atoms with Crippen molar-refractivity contribution in [2.24, 2.45) is 0 Å². The lowest BCUT2D eigenvalue weighted by Crippen LogP contribution is -2.46. The Morgan fingerprint density at radius 2 is 1.54 bits per heavy atom. The zero-order valence-electron chi connectivity index (χ0n) is 14.6. The Kier molecular flexibility index (Phi) is 5.11. The van der Waals surface area contributed by atoms with E-state index in [4.69, 9.17) is 0 Å². The average molecular weight is 354 g/mol. The van der Waals surface area contributed by atoms with Crippen LogP contribution in [-0.4, -0.2) is 46.1 Å². The quantitative estimate of drug-likeness (QED) is 0.790. The van der Waals surface area contributed by atoms with E-state index >= 15 is 0 Å². The molecule has 1 aliphatic rings. The predicted octanol–water partition coefficient (Wildman–Crippen LogP) is 2.44. The van der Waals surface area contributed by atoms with Gasteiger partial charge in [0.05, 0.1) is 0 Å². The molecule has 0 unspecified atom stereocenters. The number of amides is 2. The van der Waals surface area contributed by atoms with Gasteiger partial charge < -0.3 is 20.4 Å². The molecule has 136 valence electrons. The van der Waals surface area contributed by atoms with E-state index in [2.05, 4.69) is 5.32 Å². The van der Waals surface area contributed by atoms with Crippen LogP contribution in [0.4, 0.5) is 0 Å². The van der Waals surface area contributed by atoms with Crippen LogP contribution in [0.2, 0.25) is 0 Å². The summed E-state index contributed by atoms with van der Waals surface area (Å²) in [4.78, 5) is 26.6. The van der Waals surface area contributed by atoms with E-state index in [1.165, 1.54) is 18.2 Å². The van der Waals surface area contributed by atoms with Crippen LogP contribution in [0, 0.1) is 6.92 Å². The average Bonchev–Trinajstić information content (AvgIpc) is 2.61. The fraction of sp³-hybridized carbons (Fsp3) is 0.300. The third kappa shape index (κ3) is 4.14. The number of aryl methyl sites for hydroxylation is 1. The summed E-state index contributed by atoms with van der Waals surface area (Å²) in [5, 5.41) is 21.9. The molecule has 26 heavy (non-hydrogen) atoms. The summed E-state index contributed by atoms with van der Waals surface area (Å²) in [6, 6.07) is 11.3. The minimum Gasteiger partial charge on any atom is -0.508 e. The Labute approximate surface area is 152 Å². The number of hydrogen-bond acceptors (Lipinski definition) is 4. The number of nitrogens with zero attached hydrogens (tertiary/aromatic N) is 1. The highest BCUT2D eigenvalue weighted by atomic mass is 16.3. The van der Waals surface area contributed by atoms with Crippen LogP contribution in [0.5, 0.6) is 11.5 Å². The molecule has 0 saturated carbocycles. The van der Waals surface area contributed by atoms with E-state index < -0.39 is 0 Å². The Morgan fingerprint density at radius 3 is 2.12 bits per heavy atom. The van der Waals surface area contributed by atoms with Crippen LogP contribution in [0.1, 0.15) is 39.1 Å². The minimum atomic E-state index is -0.348. The van der Waals surface area contributed by atoms with Crippen molar-refractivity contribution in [1.29, 1.82) is 0 Å². The summed E-state index contributed by atoms with van der Waals surface area (Å²) in [5.41, 5.74) is 2.00. The molecule has 0 aromatic heterocycles. The number of hydrogen-bond donors (Lipinski definition) is 3. The molecule has 0 aliphatic carbocycles. The van der Waals surface area contributed by atoms with E-state index in [0.717, 1.165) is 5.56 Å². The van der Waals surface area contributed by atoms with Crippen molar-refractivity contribution in [1.82, 2.24) is 10.2 Å². The number of phenols is 2. The summed E-state index contributed by atoms with van der Waals surface area (Å²) in [6.45, 7) is 3.13. The third-order valence-electron chi connectivity index (χ3n) is 4.58. The van der Waals surface area contributed by atoms with Crippen LogP contribution >= 0.6 is 0 Å². The van der Waals surface area contributed by atoms with Gasteiger partial charge in [0, 0.05) is 36.3 Å². The number of rotatable bonds is 3. The van der Waals surface area contributed by atoms with Crippen molar-refractivity contribution in [3.05, 3.63) is 59.2 Å². The van der Waals surface area contributed by atoms with E-state index in [1.807, 2.05) is 31.2 Å². The number of phenolic OH excluding ortho intramolecular Hbond substituents is 2. The molecule has 3 N–H and O–H groups in total. The van der Waals surface area contributed by atoms with Gasteiger partial charge in [-0.25, -0.2) is 0 Å². The van der Waals surface area contributed by atoms with Crippen molar-refractivity contribution in [2.45, 2.75) is 25.8 Å². The summed E-state index contributed by atoms with van der Waals surface area (Å²) in [5.74, 6) is -0.658. The minimum absolute atomic E-state index is 0.00711. The van der Waals surface area contributed by atoms with Gasteiger partial charge in [-0.3, -0.25) is 9.59 Å². The molecule has 3 rings (SSSR count). The molecule has 2 aromatic carbocycles. The second kappa shape index (κ2) is 7.47. The fourth-order valence-corrected chi connectivity index (χ4v) is 3.10. The van der Waals surface area contributed by atoms with Crippen LogP contribution in [0.3, 0.4) is 0 Å². The van der Waals surface area contributed by atoms with Gasteiger partial charge in [-0.1, -0.05) is 17.7 Å². The van der Waals surface area contributed by atoms with Crippen molar-refractivity contribution >= 4 is 11.8 Å². The molecule has 1 heterocycles. The van der Waals surface area contributed by atoms with Gasteiger partial charge in [-0.15, -0.1) is 0 Å². The van der Waals surface area contributed by atoms with Gasteiger partial charge in [-0.05, 0) is 44.0 Å². The lowest BCUT2D eigenvalue weighted by atomic mass is 10.0. The van der Waals surface area contributed by atoms with Gasteiger partial charge in [0.15, 0.2) is 0 Å². The van der Waals surface area contributed by atoms with Crippen LogP contribution in [0.25, 0.3) is 0 Å². The highest BCUT2D eigenvalue weighted by molar-refractivity contribution is 5.95. The molecule has 2 amide bonds. The molecule has 6 heteroatoms. The lowest BCUT2D eigenvalue weighted by molar-refractivity contribution is 0.0698. The first-order valence-electron chi connectivity index (χ1n) is 8.62. The number of carbonyl (C=O) groups is 2. The largest absolute Gasteiger partial charge is 0.508 e. The number of carbonyl (C=O) groups excluding carboxylic acids is 2. The number of piperidine rings is 1. The topological polar surface area (TPSA) is 89.9 Å².